The highest BCUT2D eigenvalue weighted by atomic mass is 19.1. The molecule has 1 aromatic carbocycles. The molecule has 0 bridgehead atoms. The second-order valence-corrected chi connectivity index (χ2v) is 6.58. The molecule has 1 aliphatic carbocycles. The van der Waals surface area contributed by atoms with Crippen molar-refractivity contribution in [2.75, 3.05) is 7.11 Å². The highest BCUT2D eigenvalue weighted by Crippen LogP contribution is 2.32. The van der Waals surface area contributed by atoms with Crippen LogP contribution in [0.3, 0.4) is 0 Å². The molecule has 0 amide bonds. The van der Waals surface area contributed by atoms with E-state index in [-0.39, 0.29) is 5.82 Å². The van der Waals surface area contributed by atoms with Gasteiger partial charge in [0.05, 0.1) is 17.9 Å². The molecule has 5 heteroatoms. The van der Waals surface area contributed by atoms with Crippen LogP contribution in [-0.2, 0) is 24.2 Å². The number of aryl methyl sites for hydroxylation is 1. The van der Waals surface area contributed by atoms with Crippen molar-refractivity contribution in [3.05, 3.63) is 53.2 Å². The fraction of sp³-hybridized carbons (Fsp3) is 0.368. The highest BCUT2D eigenvalue weighted by molar-refractivity contribution is 5.80. The van der Waals surface area contributed by atoms with Gasteiger partial charge >= 0.3 is 0 Å². The molecule has 0 saturated carbocycles. The Hall–Kier alpha value is -2.27. The first-order valence-electron chi connectivity index (χ1n) is 8.30. The second-order valence-electron chi connectivity index (χ2n) is 6.58. The zero-order chi connectivity index (χ0) is 16.7. The number of benzene rings is 1. The molecular formula is C19H20FN3O. The molecule has 0 fully saturated rings. The van der Waals surface area contributed by atoms with Gasteiger partial charge in [-0.05, 0) is 48.4 Å². The Bertz CT molecular complexity index is 886. The smallest absolute Gasteiger partial charge is 0.163 e. The molecule has 2 heterocycles. The minimum atomic E-state index is -0.247. The van der Waals surface area contributed by atoms with Gasteiger partial charge in [0.25, 0.3) is 0 Å². The summed E-state index contributed by atoms with van der Waals surface area (Å²) in [7, 11) is 1.66. The van der Waals surface area contributed by atoms with Crippen LogP contribution in [0, 0.1) is 11.7 Å². The van der Waals surface area contributed by atoms with E-state index in [2.05, 4.69) is 11.9 Å². The van der Waals surface area contributed by atoms with Gasteiger partial charge in [-0.15, -0.1) is 0 Å². The van der Waals surface area contributed by atoms with Crippen LogP contribution in [0.1, 0.15) is 30.3 Å². The zero-order valence-corrected chi connectivity index (χ0v) is 13.9. The lowest BCUT2D eigenvalue weighted by Gasteiger charge is -2.21. The summed E-state index contributed by atoms with van der Waals surface area (Å²) in [4.78, 5) is 4.68. The number of fused-ring (bicyclic) bond motifs is 3. The Morgan fingerprint density at radius 1 is 1.29 bits per heavy atom. The third-order valence-corrected chi connectivity index (χ3v) is 4.76. The summed E-state index contributed by atoms with van der Waals surface area (Å²) in [6.45, 7) is 2.68. The van der Waals surface area contributed by atoms with E-state index < -0.39 is 0 Å². The van der Waals surface area contributed by atoms with E-state index in [1.54, 1.807) is 19.2 Å². The Morgan fingerprint density at radius 3 is 2.83 bits per heavy atom. The largest absolute Gasteiger partial charge is 0.378 e. The molecule has 0 saturated heterocycles. The van der Waals surface area contributed by atoms with Gasteiger partial charge in [0, 0.05) is 19.0 Å². The quantitative estimate of drug-likeness (QED) is 0.735. The maximum atomic E-state index is 13.3. The van der Waals surface area contributed by atoms with E-state index in [0.717, 1.165) is 41.7 Å². The summed E-state index contributed by atoms with van der Waals surface area (Å²) in [6, 6.07) is 6.48. The third kappa shape index (κ3) is 2.49. The summed E-state index contributed by atoms with van der Waals surface area (Å²) in [6.07, 6.45) is 5.19. The maximum Gasteiger partial charge on any atom is 0.163 e. The molecule has 4 nitrogen and oxygen atoms in total. The summed E-state index contributed by atoms with van der Waals surface area (Å²) >= 11 is 0. The van der Waals surface area contributed by atoms with Crippen LogP contribution in [0.5, 0.6) is 0 Å². The summed E-state index contributed by atoms with van der Waals surface area (Å²) in [5, 5.41) is 4.77. The molecule has 124 valence electrons. The number of hydrogen-bond donors (Lipinski definition) is 0. The van der Waals surface area contributed by atoms with Gasteiger partial charge in [0.2, 0.25) is 0 Å². The van der Waals surface area contributed by atoms with Crippen LogP contribution in [0.4, 0.5) is 4.39 Å². The number of nitrogens with zero attached hydrogens (tertiary/aromatic N) is 3. The third-order valence-electron chi connectivity index (χ3n) is 4.76. The van der Waals surface area contributed by atoms with Crippen LogP contribution in [0.25, 0.3) is 16.8 Å². The average molecular weight is 325 g/mol. The fourth-order valence-electron chi connectivity index (χ4n) is 3.56. The van der Waals surface area contributed by atoms with Crippen LogP contribution in [-0.4, -0.2) is 21.7 Å². The van der Waals surface area contributed by atoms with Crippen molar-refractivity contribution >= 4 is 5.65 Å². The summed E-state index contributed by atoms with van der Waals surface area (Å²) in [5.74, 6) is 0.435. The number of methoxy groups -OCH3 is 1. The molecule has 0 spiro atoms. The van der Waals surface area contributed by atoms with Crippen molar-refractivity contribution < 1.29 is 9.13 Å². The molecule has 1 aliphatic rings. The van der Waals surface area contributed by atoms with E-state index in [9.17, 15) is 4.39 Å². The van der Waals surface area contributed by atoms with E-state index in [1.165, 1.54) is 23.4 Å². The van der Waals surface area contributed by atoms with Crippen molar-refractivity contribution in [2.45, 2.75) is 32.8 Å². The summed E-state index contributed by atoms with van der Waals surface area (Å²) < 4.78 is 20.6. The molecule has 1 unspecified atom stereocenters. The molecule has 0 aliphatic heterocycles. The lowest BCUT2D eigenvalue weighted by Crippen LogP contribution is -2.16. The molecular weight excluding hydrogens is 305 g/mol. The number of halogens is 1. The van der Waals surface area contributed by atoms with Crippen molar-refractivity contribution in [1.29, 1.82) is 0 Å². The first-order valence-corrected chi connectivity index (χ1v) is 8.30. The first-order chi connectivity index (χ1) is 11.7. The van der Waals surface area contributed by atoms with Gasteiger partial charge < -0.3 is 4.74 Å². The Labute approximate surface area is 140 Å². The number of aromatic nitrogens is 3. The molecule has 4 rings (SSSR count). The Kier molecular flexibility index (Phi) is 3.81. The SMILES string of the molecule is COCc1nn2c3c(cnc2c1-c1ccc(F)cc1)CC(C)CC3. The van der Waals surface area contributed by atoms with Crippen molar-refractivity contribution in [3.63, 3.8) is 0 Å². The second kappa shape index (κ2) is 5.98. The topological polar surface area (TPSA) is 39.4 Å². The van der Waals surface area contributed by atoms with Crippen LogP contribution >= 0.6 is 0 Å². The Morgan fingerprint density at radius 2 is 2.08 bits per heavy atom. The molecule has 3 aromatic rings. The zero-order valence-electron chi connectivity index (χ0n) is 13.9. The van der Waals surface area contributed by atoms with Gasteiger partial charge in [0.15, 0.2) is 5.65 Å². The average Bonchev–Trinajstić information content (AvgIpc) is 2.94. The van der Waals surface area contributed by atoms with Crippen LogP contribution < -0.4 is 0 Å². The molecule has 0 N–H and O–H groups in total. The minimum Gasteiger partial charge on any atom is -0.378 e. The minimum absolute atomic E-state index is 0.247. The van der Waals surface area contributed by atoms with Gasteiger partial charge in [-0.25, -0.2) is 13.9 Å². The van der Waals surface area contributed by atoms with E-state index >= 15 is 0 Å². The maximum absolute atomic E-state index is 13.3. The van der Waals surface area contributed by atoms with E-state index in [0.29, 0.717) is 12.5 Å². The van der Waals surface area contributed by atoms with Crippen LogP contribution in [0.15, 0.2) is 30.5 Å². The van der Waals surface area contributed by atoms with Crippen LogP contribution in [0.2, 0.25) is 0 Å². The predicted molar refractivity (Wildman–Crippen MR) is 90.3 cm³/mol. The van der Waals surface area contributed by atoms with Gasteiger partial charge in [-0.3, -0.25) is 0 Å². The molecule has 0 radical (unpaired) electrons. The van der Waals surface area contributed by atoms with Crippen molar-refractivity contribution in [2.24, 2.45) is 5.92 Å². The fourth-order valence-corrected chi connectivity index (χ4v) is 3.56. The number of rotatable bonds is 3. The lowest BCUT2D eigenvalue weighted by molar-refractivity contribution is 0.181. The normalized spacial score (nSPS) is 17.2. The number of hydrogen-bond acceptors (Lipinski definition) is 3. The monoisotopic (exact) mass is 325 g/mol. The molecule has 1 atom stereocenters. The van der Waals surface area contributed by atoms with Crippen molar-refractivity contribution in [3.8, 4) is 11.1 Å². The predicted octanol–water partition coefficient (Wildman–Crippen LogP) is 3.81. The van der Waals surface area contributed by atoms with Gasteiger partial charge in [0.1, 0.15) is 5.82 Å². The number of ether oxygens (including phenoxy) is 1. The molecule has 2 aromatic heterocycles. The van der Waals surface area contributed by atoms with Gasteiger partial charge in [-0.1, -0.05) is 19.1 Å². The van der Waals surface area contributed by atoms with Crippen molar-refractivity contribution in [1.82, 2.24) is 14.6 Å². The van der Waals surface area contributed by atoms with E-state index in [1.807, 2.05) is 10.7 Å². The summed E-state index contributed by atoms with van der Waals surface area (Å²) in [5.41, 5.74) is 6.01. The first kappa shape index (κ1) is 15.3. The van der Waals surface area contributed by atoms with E-state index in [4.69, 9.17) is 9.84 Å². The Balaban J connectivity index is 1.94. The standard InChI is InChI=1S/C19H20FN3O/c1-12-3-8-17-14(9-12)10-21-19-18(13-4-6-15(20)7-5-13)16(11-24-2)22-23(17)19/h4-7,10,12H,3,8-9,11H2,1-2H3. The lowest BCUT2D eigenvalue weighted by atomic mass is 9.89. The van der Waals surface area contributed by atoms with Gasteiger partial charge in [-0.2, -0.15) is 5.10 Å². The highest BCUT2D eigenvalue weighted by Gasteiger charge is 2.23. The molecule has 24 heavy (non-hydrogen) atoms.